The van der Waals surface area contributed by atoms with E-state index in [1.165, 1.54) is 0 Å². The monoisotopic (exact) mass is 227 g/mol. The van der Waals surface area contributed by atoms with Gasteiger partial charge in [-0.05, 0) is 22.8 Å². The van der Waals surface area contributed by atoms with Crippen molar-refractivity contribution in [2.75, 3.05) is 0 Å². The van der Waals surface area contributed by atoms with Crippen LogP contribution in [0.15, 0.2) is 54.6 Å². The van der Waals surface area contributed by atoms with Crippen LogP contribution >= 0.6 is 0 Å². The van der Waals surface area contributed by atoms with Gasteiger partial charge >= 0.3 is 5.97 Å². The summed E-state index contributed by atoms with van der Waals surface area (Å²) in [5, 5.41) is 8.87. The number of hydrogen-bond donors (Lipinski definition) is 2. The Bertz CT molecular complexity index is 523. The van der Waals surface area contributed by atoms with Gasteiger partial charge in [-0.2, -0.15) is 0 Å². The second kappa shape index (κ2) is 4.80. The number of aliphatic carboxylic acids is 1. The van der Waals surface area contributed by atoms with E-state index < -0.39 is 12.0 Å². The molecule has 0 bridgehead atoms. The minimum Gasteiger partial charge on any atom is -0.480 e. The second-order valence-corrected chi connectivity index (χ2v) is 3.81. The summed E-state index contributed by atoms with van der Waals surface area (Å²) in [6, 6.07) is 16.1. The highest BCUT2D eigenvalue weighted by Crippen LogP contribution is 2.22. The Balaban J connectivity index is 2.39. The van der Waals surface area contributed by atoms with E-state index in [0.717, 1.165) is 11.1 Å². The molecule has 86 valence electrons. The lowest BCUT2D eigenvalue weighted by Gasteiger charge is -2.09. The van der Waals surface area contributed by atoms with Crippen LogP contribution in [0.2, 0.25) is 0 Å². The first-order valence-electron chi connectivity index (χ1n) is 5.32. The largest absolute Gasteiger partial charge is 0.480 e. The third-order valence-corrected chi connectivity index (χ3v) is 2.62. The third kappa shape index (κ3) is 2.52. The Kier molecular flexibility index (Phi) is 3.21. The molecule has 2 aromatic rings. The Morgan fingerprint density at radius 3 is 2.29 bits per heavy atom. The zero-order valence-corrected chi connectivity index (χ0v) is 9.21. The van der Waals surface area contributed by atoms with E-state index >= 15 is 0 Å². The van der Waals surface area contributed by atoms with Crippen molar-refractivity contribution < 1.29 is 9.90 Å². The summed E-state index contributed by atoms with van der Waals surface area (Å²) in [6.45, 7) is 0. The van der Waals surface area contributed by atoms with Gasteiger partial charge in [-0.1, -0.05) is 48.5 Å². The molecule has 2 aromatic carbocycles. The summed E-state index contributed by atoms with van der Waals surface area (Å²) in [4.78, 5) is 10.8. The SMILES string of the molecule is N[C@@H](C(=O)O)c1cccc(-c2ccccc2)c1. The van der Waals surface area contributed by atoms with Gasteiger partial charge < -0.3 is 10.8 Å². The summed E-state index contributed by atoms with van der Waals surface area (Å²) in [6.07, 6.45) is 0. The molecule has 0 aromatic heterocycles. The van der Waals surface area contributed by atoms with Crippen LogP contribution in [0, 0.1) is 0 Å². The fraction of sp³-hybridized carbons (Fsp3) is 0.0714. The van der Waals surface area contributed by atoms with Crippen LogP contribution in [0.1, 0.15) is 11.6 Å². The van der Waals surface area contributed by atoms with Gasteiger partial charge in [-0.15, -0.1) is 0 Å². The quantitative estimate of drug-likeness (QED) is 0.846. The molecule has 1 atom stereocenters. The molecule has 0 saturated heterocycles. The smallest absolute Gasteiger partial charge is 0.325 e. The number of benzene rings is 2. The van der Waals surface area contributed by atoms with E-state index in [4.69, 9.17) is 10.8 Å². The average Bonchev–Trinajstić information content (AvgIpc) is 2.39. The molecule has 2 rings (SSSR count). The molecular formula is C14H13NO2. The zero-order valence-electron chi connectivity index (χ0n) is 9.21. The Labute approximate surface area is 99.5 Å². The summed E-state index contributed by atoms with van der Waals surface area (Å²) in [7, 11) is 0. The van der Waals surface area contributed by atoms with Gasteiger partial charge in [0.05, 0.1) is 0 Å². The summed E-state index contributed by atoms with van der Waals surface area (Å²) < 4.78 is 0. The van der Waals surface area contributed by atoms with Gasteiger partial charge in [0.15, 0.2) is 0 Å². The lowest BCUT2D eigenvalue weighted by atomic mass is 10.00. The first kappa shape index (κ1) is 11.4. The summed E-state index contributed by atoms with van der Waals surface area (Å²) in [5.41, 5.74) is 8.22. The summed E-state index contributed by atoms with van der Waals surface area (Å²) >= 11 is 0. The Morgan fingerprint density at radius 1 is 1.00 bits per heavy atom. The molecule has 0 aliphatic rings. The van der Waals surface area contributed by atoms with Gasteiger partial charge in [-0.3, -0.25) is 4.79 Å². The lowest BCUT2D eigenvalue weighted by Crippen LogP contribution is -2.20. The predicted molar refractivity (Wildman–Crippen MR) is 66.4 cm³/mol. The maximum Gasteiger partial charge on any atom is 0.325 e. The molecule has 0 fully saturated rings. The molecule has 0 saturated carbocycles. The topological polar surface area (TPSA) is 63.3 Å². The highest BCUT2D eigenvalue weighted by atomic mass is 16.4. The van der Waals surface area contributed by atoms with Crippen molar-refractivity contribution in [2.45, 2.75) is 6.04 Å². The van der Waals surface area contributed by atoms with Crippen molar-refractivity contribution in [1.29, 1.82) is 0 Å². The molecular weight excluding hydrogens is 214 g/mol. The number of rotatable bonds is 3. The van der Waals surface area contributed by atoms with Gasteiger partial charge in [0.1, 0.15) is 6.04 Å². The minimum atomic E-state index is -1.02. The predicted octanol–water partition coefficient (Wildman–Crippen LogP) is 2.44. The molecule has 0 spiro atoms. The van der Waals surface area contributed by atoms with E-state index in [-0.39, 0.29) is 0 Å². The van der Waals surface area contributed by atoms with Gasteiger partial charge in [0, 0.05) is 0 Å². The van der Waals surface area contributed by atoms with Crippen molar-refractivity contribution >= 4 is 5.97 Å². The fourth-order valence-corrected chi connectivity index (χ4v) is 1.68. The number of nitrogens with two attached hydrogens (primary N) is 1. The van der Waals surface area contributed by atoms with Crippen LogP contribution in [-0.4, -0.2) is 11.1 Å². The van der Waals surface area contributed by atoms with Crippen LogP contribution < -0.4 is 5.73 Å². The molecule has 0 amide bonds. The molecule has 0 unspecified atom stereocenters. The molecule has 0 aliphatic carbocycles. The van der Waals surface area contributed by atoms with Gasteiger partial charge in [0.25, 0.3) is 0 Å². The molecule has 0 aliphatic heterocycles. The van der Waals surface area contributed by atoms with E-state index in [9.17, 15) is 4.79 Å². The minimum absolute atomic E-state index is 0.610. The highest BCUT2D eigenvalue weighted by Gasteiger charge is 2.14. The van der Waals surface area contributed by atoms with Gasteiger partial charge in [0.2, 0.25) is 0 Å². The number of carboxylic acid groups (broad SMARTS) is 1. The number of carbonyl (C=O) groups is 1. The van der Waals surface area contributed by atoms with Crippen LogP contribution in [0.4, 0.5) is 0 Å². The molecule has 0 heterocycles. The van der Waals surface area contributed by atoms with Crippen LogP contribution in [0.3, 0.4) is 0 Å². The van der Waals surface area contributed by atoms with Crippen molar-refractivity contribution in [3.8, 4) is 11.1 Å². The fourth-order valence-electron chi connectivity index (χ4n) is 1.68. The molecule has 0 radical (unpaired) electrons. The van der Waals surface area contributed by atoms with E-state index in [2.05, 4.69) is 0 Å². The normalized spacial score (nSPS) is 12.1. The second-order valence-electron chi connectivity index (χ2n) is 3.81. The van der Waals surface area contributed by atoms with Crippen molar-refractivity contribution in [1.82, 2.24) is 0 Å². The van der Waals surface area contributed by atoms with Crippen molar-refractivity contribution in [3.63, 3.8) is 0 Å². The van der Waals surface area contributed by atoms with Crippen LogP contribution in [-0.2, 0) is 4.79 Å². The van der Waals surface area contributed by atoms with E-state index in [1.54, 1.807) is 6.07 Å². The Hall–Kier alpha value is -2.13. The van der Waals surface area contributed by atoms with Crippen molar-refractivity contribution in [3.05, 3.63) is 60.2 Å². The third-order valence-electron chi connectivity index (χ3n) is 2.62. The maximum absolute atomic E-state index is 10.8. The first-order valence-corrected chi connectivity index (χ1v) is 5.32. The first-order chi connectivity index (χ1) is 8.18. The van der Waals surface area contributed by atoms with E-state index in [0.29, 0.717) is 5.56 Å². The molecule has 17 heavy (non-hydrogen) atoms. The summed E-state index contributed by atoms with van der Waals surface area (Å²) in [5.74, 6) is -1.02. The van der Waals surface area contributed by atoms with Gasteiger partial charge in [-0.25, -0.2) is 0 Å². The van der Waals surface area contributed by atoms with Crippen molar-refractivity contribution in [2.24, 2.45) is 5.73 Å². The zero-order chi connectivity index (χ0) is 12.3. The highest BCUT2D eigenvalue weighted by molar-refractivity contribution is 5.76. The molecule has 3 heteroatoms. The average molecular weight is 227 g/mol. The standard InChI is InChI=1S/C14H13NO2/c15-13(14(16)17)12-8-4-7-11(9-12)10-5-2-1-3-6-10/h1-9,13H,15H2,(H,16,17)/t13-/m1/s1. The molecule has 3 N–H and O–H groups in total. The maximum atomic E-state index is 10.8. The Morgan fingerprint density at radius 2 is 1.65 bits per heavy atom. The molecule has 3 nitrogen and oxygen atoms in total. The number of hydrogen-bond acceptors (Lipinski definition) is 2. The van der Waals surface area contributed by atoms with Crippen LogP contribution in [0.5, 0.6) is 0 Å². The van der Waals surface area contributed by atoms with Crippen LogP contribution in [0.25, 0.3) is 11.1 Å². The lowest BCUT2D eigenvalue weighted by molar-refractivity contribution is -0.138. The number of carboxylic acids is 1. The van der Waals surface area contributed by atoms with E-state index in [1.807, 2.05) is 48.5 Å².